The summed E-state index contributed by atoms with van der Waals surface area (Å²) >= 11 is 13.2. The first-order chi connectivity index (χ1) is 19.4. The van der Waals surface area contributed by atoms with Gasteiger partial charge in [-0.3, -0.25) is 4.72 Å². The smallest absolute Gasteiger partial charge is 0.387 e. The number of benzene rings is 2. The summed E-state index contributed by atoms with van der Waals surface area (Å²) in [5, 5.41) is 11.0. The molecule has 2 aromatic carbocycles. The third kappa shape index (κ3) is 9.52. The first kappa shape index (κ1) is 30.9. The van der Waals surface area contributed by atoms with Gasteiger partial charge in [-0.2, -0.15) is 13.5 Å². The SMILES string of the molecule is CS(=O)(=O)Nc1cccc(SC(=O)OC(Cc2c(Cl)c[n+]([O-])cc2Cl)c2ccc(OC(F)F)c(OCC3CC3)c2)c1. The third-order valence-corrected chi connectivity index (χ3v) is 7.76. The van der Waals surface area contributed by atoms with Crippen molar-refractivity contribution in [3.8, 4) is 11.5 Å². The summed E-state index contributed by atoms with van der Waals surface area (Å²) in [6.07, 6.45) is 4.01. The van der Waals surface area contributed by atoms with Crippen LogP contribution < -0.4 is 18.9 Å². The predicted octanol–water partition coefficient (Wildman–Crippen LogP) is 6.60. The molecule has 1 aliphatic rings. The van der Waals surface area contributed by atoms with Crippen molar-refractivity contribution in [3.05, 3.63) is 81.2 Å². The van der Waals surface area contributed by atoms with Crippen LogP contribution in [0.25, 0.3) is 0 Å². The number of carbonyl (C=O) groups excluding carboxylic acids is 1. The van der Waals surface area contributed by atoms with Gasteiger partial charge in [-0.05, 0) is 66.4 Å². The largest absolute Gasteiger partial charge is 0.619 e. The van der Waals surface area contributed by atoms with Gasteiger partial charge in [-0.15, -0.1) is 0 Å². The van der Waals surface area contributed by atoms with Crippen molar-refractivity contribution in [2.45, 2.75) is 36.9 Å². The van der Waals surface area contributed by atoms with Crippen molar-refractivity contribution in [2.75, 3.05) is 17.6 Å². The van der Waals surface area contributed by atoms with Gasteiger partial charge in [0.1, 0.15) is 16.1 Å². The number of alkyl halides is 2. The second-order valence-electron chi connectivity index (χ2n) is 9.20. The number of carbonyl (C=O) groups is 1. The summed E-state index contributed by atoms with van der Waals surface area (Å²) in [4.78, 5) is 13.4. The molecule has 220 valence electrons. The fourth-order valence-electron chi connectivity index (χ4n) is 3.74. The number of hydrogen-bond donors (Lipinski definition) is 1. The molecule has 9 nitrogen and oxygen atoms in total. The summed E-state index contributed by atoms with van der Waals surface area (Å²) in [6.45, 7) is -2.77. The molecule has 15 heteroatoms. The van der Waals surface area contributed by atoms with Crippen LogP contribution >= 0.6 is 35.0 Å². The lowest BCUT2D eigenvalue weighted by Crippen LogP contribution is -2.25. The summed E-state index contributed by atoms with van der Waals surface area (Å²) in [7, 11) is -3.54. The number of halogens is 4. The number of aromatic nitrogens is 1. The molecule has 0 radical (unpaired) electrons. The fraction of sp³-hybridized carbons (Fsp3) is 0.308. The van der Waals surface area contributed by atoms with Crippen molar-refractivity contribution in [2.24, 2.45) is 5.92 Å². The van der Waals surface area contributed by atoms with Crippen molar-refractivity contribution in [1.82, 2.24) is 0 Å². The highest BCUT2D eigenvalue weighted by Crippen LogP contribution is 2.38. The van der Waals surface area contributed by atoms with Crippen LogP contribution in [0.2, 0.25) is 10.0 Å². The lowest BCUT2D eigenvalue weighted by molar-refractivity contribution is -0.605. The Morgan fingerprint density at radius 3 is 2.49 bits per heavy atom. The van der Waals surface area contributed by atoms with Gasteiger partial charge in [0.25, 0.3) is 0 Å². The number of thioether (sulfide) groups is 1. The molecule has 1 aliphatic carbocycles. The van der Waals surface area contributed by atoms with Crippen molar-refractivity contribution >= 4 is 56.0 Å². The minimum absolute atomic E-state index is 0.0311. The van der Waals surface area contributed by atoms with Gasteiger partial charge < -0.3 is 19.4 Å². The van der Waals surface area contributed by atoms with Crippen LogP contribution in [0.15, 0.2) is 59.8 Å². The molecule has 1 unspecified atom stereocenters. The van der Waals surface area contributed by atoms with Gasteiger partial charge in [-0.25, -0.2) is 13.2 Å². The zero-order valence-electron chi connectivity index (χ0n) is 21.4. The molecular formula is C26H24Cl2F2N2O7S2. The predicted molar refractivity (Wildman–Crippen MR) is 150 cm³/mol. The molecule has 1 saturated carbocycles. The summed E-state index contributed by atoms with van der Waals surface area (Å²) in [5.41, 5.74) is 0.934. The Labute approximate surface area is 249 Å². The van der Waals surface area contributed by atoms with E-state index in [-0.39, 0.29) is 33.7 Å². The van der Waals surface area contributed by atoms with Crippen LogP contribution in [0.5, 0.6) is 11.5 Å². The van der Waals surface area contributed by atoms with E-state index in [1.807, 2.05) is 0 Å². The normalized spacial score (nSPS) is 14.0. The van der Waals surface area contributed by atoms with E-state index in [9.17, 15) is 27.2 Å². The number of pyridine rings is 1. The fourth-order valence-corrected chi connectivity index (χ4v) is 5.58. The maximum atomic E-state index is 13.1. The van der Waals surface area contributed by atoms with Crippen LogP contribution in [-0.4, -0.2) is 33.2 Å². The molecule has 3 aromatic rings. The second kappa shape index (κ2) is 13.3. The van der Waals surface area contributed by atoms with Gasteiger partial charge in [0.2, 0.25) is 10.0 Å². The highest BCUT2D eigenvalue weighted by molar-refractivity contribution is 8.13. The van der Waals surface area contributed by atoms with Crippen LogP contribution in [0.4, 0.5) is 19.3 Å². The van der Waals surface area contributed by atoms with Gasteiger partial charge in [0, 0.05) is 22.6 Å². The highest BCUT2D eigenvalue weighted by atomic mass is 35.5. The second-order valence-corrected chi connectivity index (χ2v) is 12.8. The molecule has 1 aromatic heterocycles. The van der Waals surface area contributed by atoms with Gasteiger partial charge in [0.05, 0.1) is 12.9 Å². The minimum atomic E-state index is -3.54. The molecule has 4 rings (SSSR count). The number of sulfonamides is 1. The molecule has 0 bridgehead atoms. The Hall–Kier alpha value is -3.00. The summed E-state index contributed by atoms with van der Waals surface area (Å²) in [5.74, 6) is 0.185. The molecule has 1 heterocycles. The molecule has 0 amide bonds. The van der Waals surface area contributed by atoms with E-state index in [0.29, 0.717) is 45.0 Å². The first-order valence-electron chi connectivity index (χ1n) is 12.1. The topological polar surface area (TPSA) is 118 Å². The molecule has 1 atom stereocenters. The zero-order valence-corrected chi connectivity index (χ0v) is 24.5. The van der Waals surface area contributed by atoms with Crippen LogP contribution in [0, 0.1) is 11.1 Å². The Morgan fingerprint density at radius 1 is 1.15 bits per heavy atom. The van der Waals surface area contributed by atoms with Crippen LogP contribution in [0.3, 0.4) is 0 Å². The molecule has 0 aliphatic heterocycles. The number of nitrogens with one attached hydrogen (secondary N) is 1. The molecule has 1 N–H and O–H groups in total. The average molecular weight is 650 g/mol. The lowest BCUT2D eigenvalue weighted by Gasteiger charge is -2.21. The van der Waals surface area contributed by atoms with Crippen LogP contribution in [0.1, 0.15) is 30.1 Å². The Balaban J connectivity index is 1.63. The van der Waals surface area contributed by atoms with Gasteiger partial charge in [-0.1, -0.05) is 35.3 Å². The number of rotatable bonds is 12. The Kier molecular flexibility index (Phi) is 10.1. The first-order valence-corrected chi connectivity index (χ1v) is 15.6. The minimum Gasteiger partial charge on any atom is -0.619 e. The summed E-state index contributed by atoms with van der Waals surface area (Å²) < 4.78 is 68.1. The zero-order chi connectivity index (χ0) is 29.7. The number of hydrogen-bond acceptors (Lipinski definition) is 8. The maximum Gasteiger partial charge on any atom is 0.387 e. The maximum absolute atomic E-state index is 13.1. The van der Waals surface area contributed by atoms with Crippen LogP contribution in [-0.2, 0) is 21.2 Å². The number of anilines is 1. The molecule has 0 spiro atoms. The number of ether oxygens (including phenoxy) is 3. The molecule has 41 heavy (non-hydrogen) atoms. The Morgan fingerprint density at radius 2 is 1.85 bits per heavy atom. The van der Waals surface area contributed by atoms with E-state index in [1.165, 1.54) is 30.3 Å². The van der Waals surface area contributed by atoms with Crippen molar-refractivity contribution in [1.29, 1.82) is 0 Å². The summed E-state index contributed by atoms with van der Waals surface area (Å²) in [6, 6.07) is 10.3. The molecule has 1 fully saturated rings. The van der Waals surface area contributed by atoms with Crippen molar-refractivity contribution in [3.63, 3.8) is 0 Å². The quantitative estimate of drug-likeness (QED) is 0.101. The van der Waals surface area contributed by atoms with E-state index in [2.05, 4.69) is 9.46 Å². The third-order valence-electron chi connectivity index (χ3n) is 5.75. The monoisotopic (exact) mass is 648 g/mol. The van der Waals surface area contributed by atoms with E-state index in [1.54, 1.807) is 12.1 Å². The van der Waals surface area contributed by atoms with E-state index < -0.39 is 28.0 Å². The van der Waals surface area contributed by atoms with E-state index >= 15 is 0 Å². The van der Waals surface area contributed by atoms with E-state index in [4.69, 9.17) is 32.7 Å². The standard InChI is InChI=1S/C26H24Cl2F2N2O7S2/c1-41(35,36)31-17-3-2-4-18(10-17)40-26(33)39-23(11-19-20(27)12-32(34)13-21(19)28)16-7-8-22(38-25(29)30)24(9-16)37-14-15-5-6-15/h2-4,7-10,12-13,15,23,25,31H,5-6,11,14H2,1H3. The van der Waals surface area contributed by atoms with E-state index in [0.717, 1.165) is 31.5 Å². The Bertz CT molecular complexity index is 1500. The van der Waals surface area contributed by atoms with Gasteiger partial charge >= 0.3 is 11.9 Å². The van der Waals surface area contributed by atoms with Crippen molar-refractivity contribution < 1.29 is 40.9 Å². The molecular weight excluding hydrogens is 625 g/mol. The molecule has 0 saturated heterocycles. The number of nitrogens with zero attached hydrogens (tertiary/aromatic N) is 1. The average Bonchev–Trinajstić information content (AvgIpc) is 3.68. The highest BCUT2D eigenvalue weighted by Gasteiger charge is 2.26. The lowest BCUT2D eigenvalue weighted by atomic mass is 10.0. The van der Waals surface area contributed by atoms with Gasteiger partial charge in [0.15, 0.2) is 23.9 Å².